The lowest BCUT2D eigenvalue weighted by Crippen LogP contribution is -2.53. The molecule has 1 aliphatic heterocycles. The number of benzene rings is 1. The van der Waals surface area contributed by atoms with Crippen LogP contribution in [-0.2, 0) is 11.3 Å². The predicted molar refractivity (Wildman–Crippen MR) is 85.7 cm³/mol. The molecule has 3 atom stereocenters. The lowest BCUT2D eigenvalue weighted by Gasteiger charge is -2.41. The zero-order valence-corrected chi connectivity index (χ0v) is 13.3. The van der Waals surface area contributed by atoms with Crippen molar-refractivity contribution in [3.63, 3.8) is 0 Å². The molecule has 0 radical (unpaired) electrons. The van der Waals surface area contributed by atoms with Gasteiger partial charge in [0, 0.05) is 32.7 Å². The number of carbonyl (C=O) groups excluding carboxylic acids is 1. The summed E-state index contributed by atoms with van der Waals surface area (Å²) in [6.45, 7) is 7.03. The number of hydrogen-bond acceptors (Lipinski definition) is 3. The average Bonchev–Trinajstić information content (AvgIpc) is 2.47. The Hall–Kier alpha value is -1.39. The maximum Gasteiger partial charge on any atom is 0.239 e. The molecule has 4 heteroatoms. The zero-order chi connectivity index (χ0) is 15.4. The number of likely N-dealkylation sites (N-methyl/N-ethyl adjacent to an activating group) is 1. The fourth-order valence-corrected chi connectivity index (χ4v) is 3.26. The third-order valence-electron chi connectivity index (χ3n) is 4.43. The molecule has 1 amide bonds. The Kier molecular flexibility index (Phi) is 5.37. The molecular formula is C17H27N3O. The highest BCUT2D eigenvalue weighted by Crippen LogP contribution is 2.23. The van der Waals surface area contributed by atoms with E-state index in [1.807, 2.05) is 18.0 Å². The summed E-state index contributed by atoms with van der Waals surface area (Å²) in [5.74, 6) is 0.513. The van der Waals surface area contributed by atoms with Crippen LogP contribution >= 0.6 is 0 Å². The quantitative estimate of drug-likeness (QED) is 0.918. The van der Waals surface area contributed by atoms with Crippen LogP contribution in [0.1, 0.15) is 25.8 Å². The smallest absolute Gasteiger partial charge is 0.239 e. The molecule has 4 nitrogen and oxygen atoms in total. The first-order chi connectivity index (χ1) is 9.99. The Morgan fingerprint density at radius 3 is 2.67 bits per heavy atom. The minimum Gasteiger partial charge on any atom is -0.341 e. The van der Waals surface area contributed by atoms with E-state index in [-0.39, 0.29) is 5.91 Å². The minimum absolute atomic E-state index is 0.0448. The van der Waals surface area contributed by atoms with E-state index in [1.54, 1.807) is 6.92 Å². The van der Waals surface area contributed by atoms with Gasteiger partial charge in [-0.3, -0.25) is 9.69 Å². The standard InChI is InChI=1S/C17H27N3O/c1-13-11-20(12-15-7-5-4-6-8-15)10-9-16(13)19(3)17(21)14(2)18/h4-8,13-14,16H,9-12,18H2,1-3H3. The van der Waals surface area contributed by atoms with Gasteiger partial charge in [-0.1, -0.05) is 37.3 Å². The highest BCUT2D eigenvalue weighted by Gasteiger charge is 2.31. The van der Waals surface area contributed by atoms with Crippen LogP contribution in [0, 0.1) is 5.92 Å². The van der Waals surface area contributed by atoms with Crippen molar-refractivity contribution in [3.8, 4) is 0 Å². The minimum atomic E-state index is -0.412. The molecular weight excluding hydrogens is 262 g/mol. The van der Waals surface area contributed by atoms with Crippen molar-refractivity contribution in [1.29, 1.82) is 0 Å². The van der Waals surface area contributed by atoms with E-state index in [4.69, 9.17) is 5.73 Å². The van der Waals surface area contributed by atoms with E-state index < -0.39 is 6.04 Å². The Morgan fingerprint density at radius 1 is 1.43 bits per heavy atom. The fraction of sp³-hybridized carbons (Fsp3) is 0.588. The van der Waals surface area contributed by atoms with Gasteiger partial charge in [0.2, 0.25) is 5.91 Å². The predicted octanol–water partition coefficient (Wildman–Crippen LogP) is 1.70. The molecule has 0 aliphatic carbocycles. The van der Waals surface area contributed by atoms with E-state index in [9.17, 15) is 4.79 Å². The second-order valence-electron chi connectivity index (χ2n) is 6.29. The van der Waals surface area contributed by atoms with Crippen LogP contribution in [0.2, 0.25) is 0 Å². The Labute approximate surface area is 127 Å². The summed E-state index contributed by atoms with van der Waals surface area (Å²) >= 11 is 0. The van der Waals surface area contributed by atoms with Gasteiger partial charge >= 0.3 is 0 Å². The number of nitrogens with zero attached hydrogens (tertiary/aromatic N) is 2. The van der Waals surface area contributed by atoms with E-state index in [0.29, 0.717) is 12.0 Å². The number of amides is 1. The largest absolute Gasteiger partial charge is 0.341 e. The van der Waals surface area contributed by atoms with Crippen LogP contribution in [0.25, 0.3) is 0 Å². The molecule has 0 saturated carbocycles. The molecule has 1 heterocycles. The summed E-state index contributed by atoms with van der Waals surface area (Å²) in [4.78, 5) is 16.4. The molecule has 0 aromatic heterocycles. The fourth-order valence-electron chi connectivity index (χ4n) is 3.26. The van der Waals surface area contributed by atoms with Gasteiger partial charge in [-0.15, -0.1) is 0 Å². The number of piperidine rings is 1. The van der Waals surface area contributed by atoms with E-state index >= 15 is 0 Å². The Morgan fingerprint density at radius 2 is 2.10 bits per heavy atom. The summed E-state index contributed by atoms with van der Waals surface area (Å²) in [6, 6.07) is 10.4. The van der Waals surface area contributed by atoms with Gasteiger partial charge in [0.1, 0.15) is 0 Å². The molecule has 1 aromatic rings. The zero-order valence-electron chi connectivity index (χ0n) is 13.3. The third-order valence-corrected chi connectivity index (χ3v) is 4.43. The van der Waals surface area contributed by atoms with E-state index in [1.165, 1.54) is 5.56 Å². The number of carbonyl (C=O) groups is 1. The lowest BCUT2D eigenvalue weighted by molar-refractivity contribution is -0.135. The van der Waals surface area contributed by atoms with Gasteiger partial charge in [0.25, 0.3) is 0 Å². The highest BCUT2D eigenvalue weighted by atomic mass is 16.2. The first-order valence-electron chi connectivity index (χ1n) is 7.77. The van der Waals surface area contributed by atoms with Crippen molar-refractivity contribution < 1.29 is 4.79 Å². The first kappa shape index (κ1) is 16.0. The Balaban J connectivity index is 1.91. The van der Waals surface area contributed by atoms with Crippen LogP contribution in [0.15, 0.2) is 30.3 Å². The average molecular weight is 289 g/mol. The van der Waals surface area contributed by atoms with Crippen LogP contribution in [0.4, 0.5) is 0 Å². The summed E-state index contributed by atoms with van der Waals surface area (Å²) in [6.07, 6.45) is 1.02. The first-order valence-corrected chi connectivity index (χ1v) is 7.77. The lowest BCUT2D eigenvalue weighted by atomic mass is 9.92. The molecule has 21 heavy (non-hydrogen) atoms. The van der Waals surface area contributed by atoms with Gasteiger partial charge in [0.15, 0.2) is 0 Å². The molecule has 1 saturated heterocycles. The van der Waals surface area contributed by atoms with Crippen molar-refractivity contribution in [2.75, 3.05) is 20.1 Å². The molecule has 1 aromatic carbocycles. The number of nitrogens with two attached hydrogens (primary N) is 1. The maximum atomic E-state index is 12.0. The SMILES string of the molecule is CC(N)C(=O)N(C)C1CCN(Cc2ccccc2)CC1C. The molecule has 0 bridgehead atoms. The van der Waals surface area contributed by atoms with E-state index in [0.717, 1.165) is 26.1 Å². The summed E-state index contributed by atoms with van der Waals surface area (Å²) in [5.41, 5.74) is 7.07. The van der Waals surface area contributed by atoms with Crippen LogP contribution in [-0.4, -0.2) is 47.9 Å². The van der Waals surface area contributed by atoms with Crippen molar-refractivity contribution in [1.82, 2.24) is 9.80 Å². The van der Waals surface area contributed by atoms with Crippen molar-refractivity contribution >= 4 is 5.91 Å². The molecule has 116 valence electrons. The normalized spacial score (nSPS) is 24.6. The van der Waals surface area contributed by atoms with Crippen molar-refractivity contribution in [2.24, 2.45) is 11.7 Å². The summed E-state index contributed by atoms with van der Waals surface area (Å²) in [7, 11) is 1.89. The number of hydrogen-bond donors (Lipinski definition) is 1. The molecule has 0 spiro atoms. The monoisotopic (exact) mass is 289 g/mol. The second-order valence-corrected chi connectivity index (χ2v) is 6.29. The molecule has 2 rings (SSSR count). The molecule has 1 fully saturated rings. The van der Waals surface area contributed by atoms with Crippen LogP contribution in [0.5, 0.6) is 0 Å². The third kappa shape index (κ3) is 4.05. The van der Waals surface area contributed by atoms with Gasteiger partial charge in [-0.2, -0.15) is 0 Å². The summed E-state index contributed by atoms with van der Waals surface area (Å²) in [5, 5.41) is 0. The van der Waals surface area contributed by atoms with Gasteiger partial charge in [0.05, 0.1) is 6.04 Å². The Bertz CT molecular complexity index is 460. The van der Waals surface area contributed by atoms with Crippen molar-refractivity contribution in [3.05, 3.63) is 35.9 Å². The van der Waals surface area contributed by atoms with Crippen molar-refractivity contribution in [2.45, 2.75) is 38.9 Å². The molecule has 1 aliphatic rings. The topological polar surface area (TPSA) is 49.6 Å². The van der Waals surface area contributed by atoms with Crippen LogP contribution < -0.4 is 5.73 Å². The van der Waals surface area contributed by atoms with Gasteiger partial charge in [-0.05, 0) is 24.8 Å². The number of rotatable bonds is 4. The molecule has 2 N–H and O–H groups in total. The van der Waals surface area contributed by atoms with Crippen LogP contribution in [0.3, 0.4) is 0 Å². The summed E-state index contributed by atoms with van der Waals surface area (Å²) < 4.78 is 0. The highest BCUT2D eigenvalue weighted by molar-refractivity contribution is 5.81. The number of likely N-dealkylation sites (tertiary alicyclic amines) is 1. The molecule has 3 unspecified atom stereocenters. The maximum absolute atomic E-state index is 12.0. The second kappa shape index (κ2) is 7.05. The van der Waals surface area contributed by atoms with Gasteiger partial charge < -0.3 is 10.6 Å². The van der Waals surface area contributed by atoms with E-state index in [2.05, 4.69) is 36.1 Å². The van der Waals surface area contributed by atoms with Gasteiger partial charge in [-0.25, -0.2) is 0 Å².